The third-order valence-corrected chi connectivity index (χ3v) is 5.64. The molecule has 1 unspecified atom stereocenters. The summed E-state index contributed by atoms with van der Waals surface area (Å²) in [6, 6.07) is 26.9. The van der Waals surface area contributed by atoms with Crippen LogP contribution in [0.3, 0.4) is 0 Å². The minimum Gasteiger partial charge on any atom is -0.355 e. The fourth-order valence-corrected chi connectivity index (χ4v) is 4.11. The summed E-state index contributed by atoms with van der Waals surface area (Å²) in [4.78, 5) is 14.4. The molecule has 6 nitrogen and oxygen atoms in total. The molecule has 31 heavy (non-hydrogen) atoms. The van der Waals surface area contributed by atoms with Crippen molar-refractivity contribution in [1.29, 1.82) is 5.26 Å². The standard InChI is InChI=1S/C24H16N4O2S/c25-14-19-23(29)26-22(28(24(19)31)17-9-5-2-6-10-17)16-11-12-20-18(13-16)21(30-27-20)15-7-3-1-4-8-15/h1-13,22,31H,(H,26,29). The average molecular weight is 424 g/mol. The Balaban J connectivity index is 1.67. The van der Waals surface area contributed by atoms with Crippen LogP contribution in [0.2, 0.25) is 0 Å². The van der Waals surface area contributed by atoms with Gasteiger partial charge >= 0.3 is 0 Å². The predicted molar refractivity (Wildman–Crippen MR) is 121 cm³/mol. The van der Waals surface area contributed by atoms with Crippen molar-refractivity contribution in [3.63, 3.8) is 0 Å². The highest BCUT2D eigenvalue weighted by molar-refractivity contribution is 7.84. The number of nitrogens with one attached hydrogen (secondary N) is 1. The molecule has 1 aromatic heterocycles. The minimum atomic E-state index is -0.553. The van der Waals surface area contributed by atoms with Gasteiger partial charge in [0.2, 0.25) is 0 Å². The average Bonchev–Trinajstić information content (AvgIpc) is 3.23. The van der Waals surface area contributed by atoms with Gasteiger partial charge in [0.1, 0.15) is 23.3 Å². The van der Waals surface area contributed by atoms with Crippen molar-refractivity contribution < 1.29 is 9.32 Å². The second kappa shape index (κ2) is 7.67. The van der Waals surface area contributed by atoms with Gasteiger partial charge in [0.25, 0.3) is 5.91 Å². The lowest BCUT2D eigenvalue weighted by atomic mass is 10.0. The Hall–Kier alpha value is -4.02. The van der Waals surface area contributed by atoms with Crippen molar-refractivity contribution in [2.24, 2.45) is 0 Å². The topological polar surface area (TPSA) is 82.2 Å². The minimum absolute atomic E-state index is 0.0283. The lowest BCUT2D eigenvalue weighted by Gasteiger charge is -2.38. The molecule has 0 bridgehead atoms. The van der Waals surface area contributed by atoms with E-state index in [0.717, 1.165) is 27.7 Å². The largest absolute Gasteiger partial charge is 0.355 e. The molecule has 150 valence electrons. The van der Waals surface area contributed by atoms with E-state index < -0.39 is 12.1 Å². The van der Waals surface area contributed by atoms with Gasteiger partial charge in [-0.3, -0.25) is 4.79 Å². The number of hydrogen-bond acceptors (Lipinski definition) is 6. The Morgan fingerprint density at radius 1 is 1.03 bits per heavy atom. The molecule has 7 heteroatoms. The lowest BCUT2D eigenvalue weighted by Crippen LogP contribution is -2.46. The van der Waals surface area contributed by atoms with Crippen molar-refractivity contribution in [2.45, 2.75) is 6.17 Å². The number of nitrogens with zero attached hydrogens (tertiary/aromatic N) is 3. The van der Waals surface area contributed by atoms with E-state index in [4.69, 9.17) is 4.52 Å². The van der Waals surface area contributed by atoms with Crippen LogP contribution < -0.4 is 10.2 Å². The molecule has 0 fully saturated rings. The summed E-state index contributed by atoms with van der Waals surface area (Å²) in [6.45, 7) is 0. The molecule has 1 N–H and O–H groups in total. The number of benzene rings is 3. The summed E-state index contributed by atoms with van der Waals surface area (Å²) in [5.74, 6) is 0.198. The van der Waals surface area contributed by atoms with Gasteiger partial charge in [-0.1, -0.05) is 59.8 Å². The molecule has 1 aliphatic heterocycles. The molecular weight excluding hydrogens is 408 g/mol. The SMILES string of the molecule is N#CC1=C(S)N(c2ccccc2)C(c2ccc3noc(-c4ccccc4)c3c2)NC1=O. The zero-order valence-corrected chi connectivity index (χ0v) is 17.1. The maximum Gasteiger partial charge on any atom is 0.266 e. The number of carbonyl (C=O) groups excluding carboxylic acids is 1. The number of aromatic nitrogens is 1. The van der Waals surface area contributed by atoms with Crippen molar-refractivity contribution in [2.75, 3.05) is 4.90 Å². The Morgan fingerprint density at radius 2 is 1.74 bits per heavy atom. The van der Waals surface area contributed by atoms with Crippen LogP contribution in [0.4, 0.5) is 5.69 Å². The number of fused-ring (bicyclic) bond motifs is 1. The van der Waals surface area contributed by atoms with Crippen LogP contribution in [0.15, 0.2) is 94.0 Å². The van der Waals surface area contributed by atoms with Crippen LogP contribution >= 0.6 is 12.6 Å². The fourth-order valence-electron chi connectivity index (χ4n) is 3.73. The van der Waals surface area contributed by atoms with E-state index in [9.17, 15) is 10.1 Å². The molecule has 0 saturated heterocycles. The van der Waals surface area contributed by atoms with Crippen LogP contribution in [0.5, 0.6) is 0 Å². The van der Waals surface area contributed by atoms with Crippen LogP contribution in [-0.2, 0) is 4.79 Å². The number of rotatable bonds is 3. The monoisotopic (exact) mass is 424 g/mol. The molecule has 4 aromatic rings. The van der Waals surface area contributed by atoms with Gasteiger partial charge in [-0.15, -0.1) is 12.6 Å². The van der Waals surface area contributed by atoms with Crippen molar-refractivity contribution in [3.8, 4) is 17.4 Å². The van der Waals surface area contributed by atoms with Gasteiger partial charge in [-0.05, 0) is 29.8 Å². The number of anilines is 1. The summed E-state index contributed by atoms with van der Waals surface area (Å²) in [7, 11) is 0. The highest BCUT2D eigenvalue weighted by atomic mass is 32.1. The third kappa shape index (κ3) is 3.23. The molecule has 5 rings (SSSR count). The quantitative estimate of drug-likeness (QED) is 0.462. The Kier molecular flexibility index (Phi) is 4.69. The second-order valence-corrected chi connectivity index (χ2v) is 7.47. The van der Waals surface area contributed by atoms with Gasteiger partial charge in [-0.25, -0.2) is 0 Å². The summed E-state index contributed by atoms with van der Waals surface area (Å²) in [5.41, 5.74) is 3.22. The molecule has 2 heterocycles. The number of thiol groups is 1. The number of carbonyl (C=O) groups is 1. The fraction of sp³-hybridized carbons (Fsp3) is 0.0417. The van der Waals surface area contributed by atoms with Gasteiger partial charge in [-0.2, -0.15) is 5.26 Å². The van der Waals surface area contributed by atoms with Gasteiger partial charge in [0, 0.05) is 11.3 Å². The first-order valence-corrected chi connectivity index (χ1v) is 10.1. The summed E-state index contributed by atoms with van der Waals surface area (Å²) >= 11 is 4.54. The summed E-state index contributed by atoms with van der Waals surface area (Å²) in [5, 5.41) is 17.7. The second-order valence-electron chi connectivity index (χ2n) is 7.05. The van der Waals surface area contributed by atoms with Gasteiger partial charge in [0.05, 0.1) is 10.4 Å². The Labute approximate surface area is 183 Å². The van der Waals surface area contributed by atoms with E-state index in [0.29, 0.717) is 10.8 Å². The van der Waals surface area contributed by atoms with Gasteiger partial charge < -0.3 is 14.7 Å². The number of hydrogen-bond donors (Lipinski definition) is 2. The van der Waals surface area contributed by atoms with E-state index in [1.807, 2.05) is 89.8 Å². The van der Waals surface area contributed by atoms with E-state index >= 15 is 0 Å². The highest BCUT2D eigenvalue weighted by Crippen LogP contribution is 2.37. The molecule has 0 aliphatic carbocycles. The van der Waals surface area contributed by atoms with E-state index in [-0.39, 0.29) is 5.57 Å². The van der Waals surface area contributed by atoms with Crippen LogP contribution in [0, 0.1) is 11.3 Å². The molecule has 0 spiro atoms. The Bertz CT molecular complexity index is 1360. The molecule has 1 amide bonds. The molecule has 1 aliphatic rings. The van der Waals surface area contributed by atoms with E-state index in [2.05, 4.69) is 23.1 Å². The zero-order chi connectivity index (χ0) is 21.4. The summed E-state index contributed by atoms with van der Waals surface area (Å²) in [6.07, 6.45) is -0.553. The van der Waals surface area contributed by atoms with E-state index in [1.54, 1.807) is 0 Å². The van der Waals surface area contributed by atoms with Crippen molar-refractivity contribution in [3.05, 3.63) is 95.0 Å². The third-order valence-electron chi connectivity index (χ3n) is 5.20. The first-order chi connectivity index (χ1) is 15.2. The maximum absolute atomic E-state index is 12.6. The number of amides is 1. The zero-order valence-electron chi connectivity index (χ0n) is 16.2. The van der Waals surface area contributed by atoms with Crippen LogP contribution in [-0.4, -0.2) is 11.1 Å². The van der Waals surface area contributed by atoms with E-state index in [1.165, 1.54) is 0 Å². The predicted octanol–water partition coefficient (Wildman–Crippen LogP) is 4.79. The first kappa shape index (κ1) is 19.0. The number of para-hydroxylation sites is 1. The highest BCUT2D eigenvalue weighted by Gasteiger charge is 2.34. The van der Waals surface area contributed by atoms with Gasteiger partial charge in [0.15, 0.2) is 5.76 Å². The van der Waals surface area contributed by atoms with Crippen LogP contribution in [0.25, 0.3) is 22.2 Å². The lowest BCUT2D eigenvalue weighted by molar-refractivity contribution is -0.118. The first-order valence-electron chi connectivity index (χ1n) is 9.60. The van der Waals surface area contributed by atoms with Crippen molar-refractivity contribution >= 4 is 35.1 Å². The summed E-state index contributed by atoms with van der Waals surface area (Å²) < 4.78 is 5.61. The molecule has 0 radical (unpaired) electrons. The molecular formula is C24H16N4O2S. The normalized spacial score (nSPS) is 16.3. The molecule has 0 saturated carbocycles. The number of nitriles is 1. The smallest absolute Gasteiger partial charge is 0.266 e. The van der Waals surface area contributed by atoms with Crippen LogP contribution in [0.1, 0.15) is 11.7 Å². The van der Waals surface area contributed by atoms with Crippen molar-refractivity contribution in [1.82, 2.24) is 10.5 Å². The Morgan fingerprint density at radius 3 is 2.45 bits per heavy atom. The molecule has 1 atom stereocenters. The maximum atomic E-state index is 12.6. The molecule has 3 aromatic carbocycles.